The third-order valence-corrected chi connectivity index (χ3v) is 7.10. The minimum Gasteiger partial charge on any atom is -0.489 e. The molecule has 216 valence electrons. The van der Waals surface area contributed by atoms with Crippen molar-refractivity contribution >= 4 is 5.91 Å². The predicted octanol–water partition coefficient (Wildman–Crippen LogP) is 7.45. The van der Waals surface area contributed by atoms with E-state index in [1.807, 2.05) is 42.5 Å². The first-order chi connectivity index (χ1) is 20.6. The van der Waals surface area contributed by atoms with Crippen LogP contribution in [0.25, 0.3) is 11.1 Å². The van der Waals surface area contributed by atoms with Gasteiger partial charge >= 0.3 is 0 Å². The van der Waals surface area contributed by atoms with Gasteiger partial charge in [-0.2, -0.15) is 5.26 Å². The number of rotatable bonds is 15. The Balaban J connectivity index is 1.41. The Kier molecular flexibility index (Phi) is 11.5. The Hall–Kier alpha value is -4.64. The fraction of sp³-hybridized carbons (Fsp3) is 0.257. The van der Waals surface area contributed by atoms with E-state index in [-0.39, 0.29) is 5.91 Å². The van der Waals surface area contributed by atoms with Gasteiger partial charge in [0.15, 0.2) is 0 Å². The summed E-state index contributed by atoms with van der Waals surface area (Å²) in [5, 5.41) is 21.4. The molecule has 7 heteroatoms. The lowest BCUT2D eigenvalue weighted by atomic mass is 9.97. The smallest absolute Gasteiger partial charge is 0.243 e. The van der Waals surface area contributed by atoms with Gasteiger partial charge in [0.05, 0.1) is 11.6 Å². The number of benzene rings is 4. The number of nitrogens with one attached hydrogen (secondary N) is 2. The van der Waals surface area contributed by atoms with Crippen LogP contribution in [-0.2, 0) is 17.9 Å². The molecule has 0 aliphatic heterocycles. The highest BCUT2D eigenvalue weighted by Crippen LogP contribution is 2.31. The molecule has 0 spiro atoms. The minimum atomic E-state index is -0.343. The van der Waals surface area contributed by atoms with E-state index < -0.39 is 0 Å². The van der Waals surface area contributed by atoms with E-state index in [9.17, 15) is 10.1 Å². The van der Waals surface area contributed by atoms with Crippen molar-refractivity contribution in [1.29, 1.82) is 5.26 Å². The third-order valence-electron chi connectivity index (χ3n) is 7.10. The number of amides is 1. The Morgan fingerprint density at radius 2 is 1.67 bits per heavy atom. The fourth-order valence-corrected chi connectivity index (χ4v) is 4.72. The quantitative estimate of drug-likeness (QED) is 0.0788. The van der Waals surface area contributed by atoms with Gasteiger partial charge in [-0.05, 0) is 72.8 Å². The number of ether oxygens (including phenoxy) is 2. The summed E-state index contributed by atoms with van der Waals surface area (Å²) in [4.78, 5) is 11.1. The summed E-state index contributed by atoms with van der Waals surface area (Å²) >= 11 is 0. The van der Waals surface area contributed by atoms with Crippen LogP contribution in [0.15, 0.2) is 91.0 Å². The normalized spacial score (nSPS) is 10.6. The number of hydrogen-bond donors (Lipinski definition) is 3. The van der Waals surface area contributed by atoms with Crippen molar-refractivity contribution in [3.05, 3.63) is 113 Å². The van der Waals surface area contributed by atoms with Crippen LogP contribution in [0.2, 0.25) is 0 Å². The van der Waals surface area contributed by atoms with Crippen LogP contribution >= 0.6 is 0 Å². The lowest BCUT2D eigenvalue weighted by molar-refractivity contribution is -0.129. The Bertz CT molecular complexity index is 1500. The number of hydroxylamine groups is 1. The number of hydrogen-bond acceptors (Lipinski definition) is 6. The molecule has 0 saturated heterocycles. The van der Waals surface area contributed by atoms with Crippen LogP contribution in [0.4, 0.5) is 0 Å². The van der Waals surface area contributed by atoms with E-state index in [0.29, 0.717) is 42.4 Å². The first-order valence-corrected chi connectivity index (χ1v) is 14.3. The lowest BCUT2D eigenvalue weighted by Gasteiger charge is -2.16. The summed E-state index contributed by atoms with van der Waals surface area (Å²) in [5.74, 6) is 1.61. The number of nitriles is 1. The SMILES string of the molecule is Cc1c(COc2ccc(CNCCCCCCC(=O)NO)c(Oc3cccc(C#N)c3)c2)cccc1-c1ccccc1. The zero-order chi connectivity index (χ0) is 29.6. The average molecular weight is 564 g/mol. The standard InChI is InChI=1S/C35H37N3O4/c1-26-30(14-10-16-33(26)28-12-5-4-6-13-28)25-41-31-19-18-29(24-37-20-8-3-2-7-17-35(39)38-40)34(22-31)42-32-15-9-11-27(21-32)23-36/h4-6,9-16,18-19,21-22,37,40H,2-3,7-8,17,20,24-25H2,1H3,(H,38,39). The molecule has 0 heterocycles. The van der Waals surface area contributed by atoms with E-state index >= 15 is 0 Å². The van der Waals surface area contributed by atoms with Gasteiger partial charge in [0.1, 0.15) is 23.9 Å². The van der Waals surface area contributed by atoms with Gasteiger partial charge in [-0.1, -0.05) is 73.5 Å². The molecule has 0 aliphatic rings. The Labute approximate surface area is 247 Å². The highest BCUT2D eigenvalue weighted by Gasteiger charge is 2.11. The zero-order valence-corrected chi connectivity index (χ0v) is 23.9. The number of carbonyl (C=O) groups excluding carboxylic acids is 1. The molecular weight excluding hydrogens is 526 g/mol. The number of unbranched alkanes of at least 4 members (excludes halogenated alkanes) is 3. The van der Waals surface area contributed by atoms with Gasteiger partial charge in [-0.15, -0.1) is 0 Å². The molecule has 4 aromatic carbocycles. The summed E-state index contributed by atoms with van der Waals surface area (Å²) < 4.78 is 12.5. The molecule has 1 amide bonds. The van der Waals surface area contributed by atoms with E-state index in [1.165, 1.54) is 16.7 Å². The Morgan fingerprint density at radius 3 is 2.48 bits per heavy atom. The second kappa shape index (κ2) is 16.0. The summed E-state index contributed by atoms with van der Waals surface area (Å²) in [6.45, 7) is 3.98. The molecule has 0 atom stereocenters. The van der Waals surface area contributed by atoms with Crippen molar-refractivity contribution in [3.8, 4) is 34.4 Å². The van der Waals surface area contributed by atoms with Gasteiger partial charge in [0.25, 0.3) is 0 Å². The lowest BCUT2D eigenvalue weighted by Crippen LogP contribution is -2.18. The molecular formula is C35H37N3O4. The summed E-state index contributed by atoms with van der Waals surface area (Å²) in [6.07, 6.45) is 3.99. The topological polar surface area (TPSA) is 104 Å². The molecule has 7 nitrogen and oxygen atoms in total. The average Bonchev–Trinajstić information content (AvgIpc) is 3.03. The van der Waals surface area contributed by atoms with Crippen LogP contribution in [0.5, 0.6) is 17.2 Å². The molecule has 4 aromatic rings. The van der Waals surface area contributed by atoms with Gasteiger partial charge in [0.2, 0.25) is 5.91 Å². The van der Waals surface area contributed by atoms with Crippen molar-refractivity contribution in [2.45, 2.75) is 52.2 Å². The number of carbonyl (C=O) groups is 1. The first kappa shape index (κ1) is 30.3. The van der Waals surface area contributed by atoms with Crippen molar-refractivity contribution in [2.75, 3.05) is 6.54 Å². The van der Waals surface area contributed by atoms with Crippen LogP contribution < -0.4 is 20.3 Å². The van der Waals surface area contributed by atoms with Gasteiger partial charge in [-0.25, -0.2) is 5.48 Å². The molecule has 0 bridgehead atoms. The first-order valence-electron chi connectivity index (χ1n) is 14.3. The second-order valence-corrected chi connectivity index (χ2v) is 10.1. The number of nitrogens with zero attached hydrogens (tertiary/aromatic N) is 1. The van der Waals surface area contributed by atoms with Crippen LogP contribution in [0.3, 0.4) is 0 Å². The minimum absolute atomic E-state index is 0.337. The maximum absolute atomic E-state index is 11.1. The van der Waals surface area contributed by atoms with E-state index in [4.69, 9.17) is 14.7 Å². The third kappa shape index (κ3) is 8.93. The van der Waals surface area contributed by atoms with Gasteiger partial charge in [-0.3, -0.25) is 10.0 Å². The summed E-state index contributed by atoms with van der Waals surface area (Å²) in [7, 11) is 0. The molecule has 3 N–H and O–H groups in total. The molecule has 0 fully saturated rings. The fourth-order valence-electron chi connectivity index (χ4n) is 4.72. The molecule has 0 radical (unpaired) electrons. The summed E-state index contributed by atoms with van der Waals surface area (Å²) in [5.41, 5.74) is 7.85. The highest BCUT2D eigenvalue weighted by atomic mass is 16.5. The van der Waals surface area contributed by atoms with Crippen LogP contribution in [-0.4, -0.2) is 17.7 Å². The van der Waals surface area contributed by atoms with Gasteiger partial charge in [0, 0.05) is 24.6 Å². The maximum Gasteiger partial charge on any atom is 0.243 e. The van der Waals surface area contributed by atoms with Crippen LogP contribution in [0.1, 0.15) is 54.4 Å². The van der Waals surface area contributed by atoms with Gasteiger partial charge < -0.3 is 14.8 Å². The molecule has 42 heavy (non-hydrogen) atoms. The van der Waals surface area contributed by atoms with E-state index in [2.05, 4.69) is 48.6 Å². The molecule has 0 unspecified atom stereocenters. The maximum atomic E-state index is 11.1. The zero-order valence-electron chi connectivity index (χ0n) is 23.9. The molecule has 0 saturated carbocycles. The molecule has 4 rings (SSSR count). The second-order valence-electron chi connectivity index (χ2n) is 10.1. The Morgan fingerprint density at radius 1 is 0.857 bits per heavy atom. The van der Waals surface area contributed by atoms with Crippen molar-refractivity contribution < 1.29 is 19.5 Å². The molecule has 0 aliphatic carbocycles. The molecule has 0 aromatic heterocycles. The monoisotopic (exact) mass is 563 g/mol. The van der Waals surface area contributed by atoms with E-state index in [1.54, 1.807) is 23.7 Å². The van der Waals surface area contributed by atoms with Crippen molar-refractivity contribution in [3.63, 3.8) is 0 Å². The highest BCUT2D eigenvalue weighted by molar-refractivity contribution is 5.74. The van der Waals surface area contributed by atoms with Crippen molar-refractivity contribution in [1.82, 2.24) is 10.8 Å². The predicted molar refractivity (Wildman–Crippen MR) is 163 cm³/mol. The van der Waals surface area contributed by atoms with E-state index in [0.717, 1.165) is 43.4 Å². The largest absolute Gasteiger partial charge is 0.489 e. The van der Waals surface area contributed by atoms with Crippen molar-refractivity contribution in [2.24, 2.45) is 0 Å². The summed E-state index contributed by atoms with van der Waals surface area (Å²) in [6, 6.07) is 31.8. The van der Waals surface area contributed by atoms with Crippen LogP contribution in [0, 0.1) is 18.3 Å².